The minimum atomic E-state index is -0.987. The van der Waals surface area contributed by atoms with E-state index in [-0.39, 0.29) is 5.69 Å². The second-order valence-corrected chi connectivity index (χ2v) is 2.82. The number of nitrogens with one attached hydrogen (secondary N) is 1. The SMILES string of the molecule is CSc1nc(C(=O)O)c(C)[nH]1. The first-order valence-electron chi connectivity index (χ1n) is 2.99. The van der Waals surface area contributed by atoms with E-state index in [2.05, 4.69) is 9.97 Å². The van der Waals surface area contributed by atoms with E-state index in [4.69, 9.17) is 5.11 Å². The van der Waals surface area contributed by atoms with Crippen molar-refractivity contribution in [2.45, 2.75) is 12.1 Å². The fourth-order valence-electron chi connectivity index (χ4n) is 0.738. The van der Waals surface area contributed by atoms with Crippen LogP contribution in [0.4, 0.5) is 0 Å². The Labute approximate surface area is 68.0 Å². The van der Waals surface area contributed by atoms with Crippen LogP contribution in [0.3, 0.4) is 0 Å². The van der Waals surface area contributed by atoms with Gasteiger partial charge in [-0.2, -0.15) is 0 Å². The van der Waals surface area contributed by atoms with Crippen LogP contribution in [0, 0.1) is 6.92 Å². The molecule has 0 aliphatic carbocycles. The molecule has 0 saturated carbocycles. The van der Waals surface area contributed by atoms with Gasteiger partial charge in [-0.15, -0.1) is 0 Å². The molecule has 5 heteroatoms. The molecular formula is C6H8N2O2S. The highest BCUT2D eigenvalue weighted by atomic mass is 32.2. The maximum atomic E-state index is 10.5. The van der Waals surface area contributed by atoms with Crippen molar-refractivity contribution in [3.8, 4) is 0 Å². The van der Waals surface area contributed by atoms with E-state index in [9.17, 15) is 4.79 Å². The normalized spacial score (nSPS) is 10.0. The second-order valence-electron chi connectivity index (χ2n) is 2.02. The fourth-order valence-corrected chi connectivity index (χ4v) is 1.18. The number of H-pyrrole nitrogens is 1. The Morgan fingerprint density at radius 1 is 1.73 bits per heavy atom. The summed E-state index contributed by atoms with van der Waals surface area (Å²) in [6, 6.07) is 0. The van der Waals surface area contributed by atoms with Gasteiger partial charge in [-0.05, 0) is 13.2 Å². The number of carbonyl (C=O) groups is 1. The van der Waals surface area contributed by atoms with Gasteiger partial charge in [-0.3, -0.25) is 0 Å². The molecule has 0 aliphatic rings. The van der Waals surface area contributed by atoms with Crippen molar-refractivity contribution in [1.82, 2.24) is 9.97 Å². The summed E-state index contributed by atoms with van der Waals surface area (Å²) in [6.07, 6.45) is 1.84. The van der Waals surface area contributed by atoms with Crippen molar-refractivity contribution in [2.24, 2.45) is 0 Å². The number of carboxylic acid groups (broad SMARTS) is 1. The number of aryl methyl sites for hydroxylation is 1. The molecule has 0 aromatic carbocycles. The predicted molar refractivity (Wildman–Crippen MR) is 42.1 cm³/mol. The van der Waals surface area contributed by atoms with Gasteiger partial charge in [0.15, 0.2) is 10.9 Å². The first-order chi connectivity index (χ1) is 5.15. The summed E-state index contributed by atoms with van der Waals surface area (Å²) in [6.45, 7) is 1.69. The van der Waals surface area contributed by atoms with Crippen molar-refractivity contribution in [3.63, 3.8) is 0 Å². The van der Waals surface area contributed by atoms with Gasteiger partial charge < -0.3 is 10.1 Å². The standard InChI is InChI=1S/C6H8N2O2S/c1-3-4(5(9)10)8-6(7-3)11-2/h1-2H3,(H,7,8)(H,9,10). The Hall–Kier alpha value is -0.970. The lowest BCUT2D eigenvalue weighted by molar-refractivity contribution is 0.0690. The van der Waals surface area contributed by atoms with Crippen LogP contribution >= 0.6 is 11.8 Å². The van der Waals surface area contributed by atoms with Crippen molar-refractivity contribution >= 4 is 17.7 Å². The molecular weight excluding hydrogens is 164 g/mol. The summed E-state index contributed by atoms with van der Waals surface area (Å²) in [5, 5.41) is 9.22. The zero-order valence-electron chi connectivity index (χ0n) is 6.21. The van der Waals surface area contributed by atoms with Gasteiger partial charge in [-0.1, -0.05) is 11.8 Å². The first kappa shape index (κ1) is 8.13. The molecule has 0 atom stereocenters. The van der Waals surface area contributed by atoms with Crippen LogP contribution in [0.2, 0.25) is 0 Å². The molecule has 1 heterocycles. The molecule has 4 nitrogen and oxygen atoms in total. The minimum absolute atomic E-state index is 0.106. The number of aromatic amines is 1. The van der Waals surface area contributed by atoms with E-state index in [1.165, 1.54) is 11.8 Å². The van der Waals surface area contributed by atoms with E-state index in [0.29, 0.717) is 10.9 Å². The molecule has 1 aromatic rings. The van der Waals surface area contributed by atoms with Crippen LogP contribution in [0.5, 0.6) is 0 Å². The van der Waals surface area contributed by atoms with Crippen LogP contribution in [-0.4, -0.2) is 27.3 Å². The lowest BCUT2D eigenvalue weighted by atomic mass is 10.4. The molecule has 60 valence electrons. The van der Waals surface area contributed by atoms with Crippen LogP contribution in [-0.2, 0) is 0 Å². The summed E-state index contributed by atoms with van der Waals surface area (Å²) >= 11 is 1.39. The average molecular weight is 172 g/mol. The Bertz CT molecular complexity index is 282. The molecule has 0 unspecified atom stereocenters. The monoisotopic (exact) mass is 172 g/mol. The molecule has 1 aromatic heterocycles. The molecule has 2 N–H and O–H groups in total. The average Bonchev–Trinajstić information content (AvgIpc) is 2.30. The van der Waals surface area contributed by atoms with E-state index in [0.717, 1.165) is 0 Å². The van der Waals surface area contributed by atoms with E-state index < -0.39 is 5.97 Å². The highest BCUT2D eigenvalue weighted by molar-refractivity contribution is 7.98. The van der Waals surface area contributed by atoms with Crippen molar-refractivity contribution < 1.29 is 9.90 Å². The largest absolute Gasteiger partial charge is 0.476 e. The first-order valence-corrected chi connectivity index (χ1v) is 4.21. The van der Waals surface area contributed by atoms with Crippen LogP contribution in [0.1, 0.15) is 16.2 Å². The molecule has 0 saturated heterocycles. The van der Waals surface area contributed by atoms with Gasteiger partial charge in [0.05, 0.1) is 0 Å². The van der Waals surface area contributed by atoms with Gasteiger partial charge in [0.1, 0.15) is 0 Å². The van der Waals surface area contributed by atoms with Crippen LogP contribution in [0.15, 0.2) is 5.16 Å². The lowest BCUT2D eigenvalue weighted by Crippen LogP contribution is -1.98. The third kappa shape index (κ3) is 1.54. The predicted octanol–water partition coefficient (Wildman–Crippen LogP) is 1.14. The highest BCUT2D eigenvalue weighted by Gasteiger charge is 2.11. The van der Waals surface area contributed by atoms with E-state index in [1.807, 2.05) is 6.26 Å². The third-order valence-corrected chi connectivity index (χ3v) is 1.84. The fraction of sp³-hybridized carbons (Fsp3) is 0.333. The van der Waals surface area contributed by atoms with E-state index >= 15 is 0 Å². The quantitative estimate of drug-likeness (QED) is 0.656. The van der Waals surface area contributed by atoms with E-state index in [1.54, 1.807) is 6.92 Å². The number of hydrogen-bond donors (Lipinski definition) is 2. The summed E-state index contributed by atoms with van der Waals surface area (Å²) in [4.78, 5) is 17.1. The molecule has 0 bridgehead atoms. The number of aromatic carboxylic acids is 1. The Morgan fingerprint density at radius 2 is 2.36 bits per heavy atom. The maximum absolute atomic E-state index is 10.5. The highest BCUT2D eigenvalue weighted by Crippen LogP contribution is 2.12. The number of hydrogen-bond acceptors (Lipinski definition) is 3. The van der Waals surface area contributed by atoms with Gasteiger partial charge in [0, 0.05) is 5.69 Å². The number of rotatable bonds is 2. The number of carboxylic acids is 1. The number of aromatic nitrogens is 2. The number of nitrogens with zero attached hydrogens (tertiary/aromatic N) is 1. The number of imidazole rings is 1. The van der Waals surface area contributed by atoms with Gasteiger partial charge in [0.2, 0.25) is 0 Å². The molecule has 0 radical (unpaired) electrons. The molecule has 0 amide bonds. The molecule has 1 rings (SSSR count). The summed E-state index contributed by atoms with van der Waals surface area (Å²) in [5.74, 6) is -0.987. The molecule has 11 heavy (non-hydrogen) atoms. The van der Waals surface area contributed by atoms with Crippen molar-refractivity contribution in [2.75, 3.05) is 6.26 Å². The van der Waals surface area contributed by atoms with Crippen molar-refractivity contribution in [3.05, 3.63) is 11.4 Å². The van der Waals surface area contributed by atoms with Crippen LogP contribution < -0.4 is 0 Å². The lowest BCUT2D eigenvalue weighted by Gasteiger charge is -1.84. The molecule has 0 spiro atoms. The van der Waals surface area contributed by atoms with Gasteiger partial charge in [-0.25, -0.2) is 9.78 Å². The Morgan fingerprint density at radius 3 is 2.64 bits per heavy atom. The Balaban J connectivity index is 3.07. The van der Waals surface area contributed by atoms with Gasteiger partial charge >= 0.3 is 5.97 Å². The summed E-state index contributed by atoms with van der Waals surface area (Å²) in [7, 11) is 0. The zero-order valence-corrected chi connectivity index (χ0v) is 7.03. The second kappa shape index (κ2) is 2.96. The minimum Gasteiger partial charge on any atom is -0.476 e. The zero-order chi connectivity index (χ0) is 8.43. The number of thioether (sulfide) groups is 1. The third-order valence-electron chi connectivity index (χ3n) is 1.26. The Kier molecular flexibility index (Phi) is 2.19. The molecule has 0 fully saturated rings. The topological polar surface area (TPSA) is 66.0 Å². The maximum Gasteiger partial charge on any atom is 0.356 e. The molecule has 0 aliphatic heterocycles. The van der Waals surface area contributed by atoms with Crippen LogP contribution in [0.25, 0.3) is 0 Å². The smallest absolute Gasteiger partial charge is 0.356 e. The summed E-state index contributed by atoms with van der Waals surface area (Å²) < 4.78 is 0. The van der Waals surface area contributed by atoms with Gasteiger partial charge in [0.25, 0.3) is 0 Å². The summed E-state index contributed by atoms with van der Waals surface area (Å²) in [5.41, 5.74) is 0.705. The van der Waals surface area contributed by atoms with Crippen molar-refractivity contribution in [1.29, 1.82) is 0 Å².